The van der Waals surface area contributed by atoms with E-state index in [1.54, 1.807) is 15.9 Å². The topological polar surface area (TPSA) is 55.2 Å². The van der Waals surface area contributed by atoms with Crippen molar-refractivity contribution in [3.63, 3.8) is 0 Å². The number of alkyl halides is 1. The summed E-state index contributed by atoms with van der Waals surface area (Å²) in [6.07, 6.45) is 3.53. The van der Waals surface area contributed by atoms with Crippen LogP contribution in [0.25, 0.3) is 0 Å². The van der Waals surface area contributed by atoms with Crippen LogP contribution >= 0.6 is 11.6 Å². The third-order valence-corrected chi connectivity index (χ3v) is 6.65. The fourth-order valence-electron chi connectivity index (χ4n) is 3.13. The van der Waals surface area contributed by atoms with E-state index >= 15 is 0 Å². The van der Waals surface area contributed by atoms with Crippen LogP contribution in [0, 0.1) is 13.8 Å². The molecule has 0 aliphatic carbocycles. The van der Waals surface area contributed by atoms with E-state index in [1.165, 1.54) is 0 Å². The average molecular weight is 334 g/mol. The highest BCUT2D eigenvalue weighted by molar-refractivity contribution is 7.89. The van der Waals surface area contributed by atoms with E-state index < -0.39 is 10.0 Å². The van der Waals surface area contributed by atoms with Gasteiger partial charge in [0.15, 0.2) is 0 Å². The molecule has 0 amide bonds. The van der Waals surface area contributed by atoms with Gasteiger partial charge < -0.3 is 0 Å². The minimum Gasteiger partial charge on any atom is -0.268 e. The molecule has 0 aromatic carbocycles. The summed E-state index contributed by atoms with van der Waals surface area (Å²) in [5.74, 6) is 0.546. The molecular formula is C14H24ClN3O2S. The van der Waals surface area contributed by atoms with Gasteiger partial charge in [0, 0.05) is 25.0 Å². The van der Waals surface area contributed by atoms with Gasteiger partial charge in [-0.25, -0.2) is 8.42 Å². The largest absolute Gasteiger partial charge is 0.268 e. The van der Waals surface area contributed by atoms with Crippen molar-refractivity contribution < 1.29 is 8.42 Å². The summed E-state index contributed by atoms with van der Waals surface area (Å²) >= 11 is 5.71. The van der Waals surface area contributed by atoms with Crippen molar-refractivity contribution in [2.45, 2.75) is 63.9 Å². The molecule has 2 rings (SSSR count). The number of rotatable bonds is 6. The Kier molecular flexibility index (Phi) is 5.33. The van der Waals surface area contributed by atoms with Gasteiger partial charge in [-0.05, 0) is 39.5 Å². The van der Waals surface area contributed by atoms with Crippen LogP contribution in [0.4, 0.5) is 0 Å². The smallest absolute Gasteiger partial charge is 0.246 e. The minimum absolute atomic E-state index is 0.125. The fourth-order valence-corrected chi connectivity index (χ4v) is 5.40. The molecule has 0 spiro atoms. The lowest BCUT2D eigenvalue weighted by molar-refractivity contribution is 0.379. The van der Waals surface area contributed by atoms with Crippen molar-refractivity contribution >= 4 is 21.6 Å². The molecule has 120 valence electrons. The second-order valence-corrected chi connectivity index (χ2v) is 7.79. The molecule has 1 aliphatic heterocycles. The number of aromatic nitrogens is 2. The predicted molar refractivity (Wildman–Crippen MR) is 84.2 cm³/mol. The van der Waals surface area contributed by atoms with Gasteiger partial charge in [0.05, 0.1) is 11.4 Å². The van der Waals surface area contributed by atoms with Crippen LogP contribution in [0.2, 0.25) is 0 Å². The lowest BCUT2D eigenvalue weighted by atomic mass is 10.2. The van der Waals surface area contributed by atoms with E-state index in [9.17, 15) is 8.42 Å². The lowest BCUT2D eigenvalue weighted by Gasteiger charge is -2.23. The summed E-state index contributed by atoms with van der Waals surface area (Å²) in [4.78, 5) is 0.387. The van der Waals surface area contributed by atoms with E-state index in [4.69, 9.17) is 11.6 Å². The number of halogens is 1. The van der Waals surface area contributed by atoms with Crippen LogP contribution in [-0.2, 0) is 16.6 Å². The van der Waals surface area contributed by atoms with Crippen LogP contribution in [0.1, 0.15) is 44.0 Å². The zero-order chi connectivity index (χ0) is 15.6. The third-order valence-electron chi connectivity index (χ3n) is 4.18. The summed E-state index contributed by atoms with van der Waals surface area (Å²) in [7, 11) is -3.45. The highest BCUT2D eigenvalue weighted by Gasteiger charge is 2.37. The van der Waals surface area contributed by atoms with Crippen molar-refractivity contribution in [3.8, 4) is 0 Å². The Labute approximate surface area is 132 Å². The quantitative estimate of drug-likeness (QED) is 0.752. The number of nitrogens with zero attached hydrogens (tertiary/aromatic N) is 3. The van der Waals surface area contributed by atoms with Gasteiger partial charge in [-0.15, -0.1) is 11.6 Å². The molecule has 0 bridgehead atoms. The maximum absolute atomic E-state index is 13.0. The molecule has 0 N–H and O–H groups in total. The minimum atomic E-state index is -3.45. The SMILES string of the molecule is CCC1CCCN1S(=O)(=O)c1c(C)nn(CCCCl)c1C. The van der Waals surface area contributed by atoms with E-state index in [-0.39, 0.29) is 6.04 Å². The Morgan fingerprint density at radius 1 is 1.38 bits per heavy atom. The molecular weight excluding hydrogens is 310 g/mol. The molecule has 1 unspecified atom stereocenters. The fraction of sp³-hybridized carbons (Fsp3) is 0.786. The van der Waals surface area contributed by atoms with E-state index in [2.05, 4.69) is 5.10 Å². The van der Waals surface area contributed by atoms with Crippen LogP contribution < -0.4 is 0 Å². The first-order valence-electron chi connectivity index (χ1n) is 7.55. The molecule has 7 heteroatoms. The molecule has 21 heavy (non-hydrogen) atoms. The maximum Gasteiger partial charge on any atom is 0.246 e. The normalized spacial score (nSPS) is 20.3. The Balaban J connectivity index is 2.38. The summed E-state index contributed by atoms with van der Waals surface area (Å²) < 4.78 is 29.4. The first-order valence-corrected chi connectivity index (χ1v) is 9.52. The van der Waals surface area contributed by atoms with Crippen LogP contribution in [0.15, 0.2) is 4.90 Å². The molecule has 0 radical (unpaired) electrons. The molecule has 2 heterocycles. The van der Waals surface area contributed by atoms with Gasteiger partial charge >= 0.3 is 0 Å². The van der Waals surface area contributed by atoms with Gasteiger partial charge in [-0.2, -0.15) is 9.40 Å². The lowest BCUT2D eigenvalue weighted by Crippen LogP contribution is -2.35. The monoisotopic (exact) mass is 333 g/mol. The van der Waals surface area contributed by atoms with E-state index in [0.29, 0.717) is 29.6 Å². The zero-order valence-electron chi connectivity index (χ0n) is 13.0. The van der Waals surface area contributed by atoms with Gasteiger partial charge in [-0.3, -0.25) is 4.68 Å². The van der Waals surface area contributed by atoms with Crippen LogP contribution in [0.5, 0.6) is 0 Å². The summed E-state index contributed by atoms with van der Waals surface area (Å²) in [5.41, 5.74) is 1.31. The molecule has 1 aliphatic rings. The van der Waals surface area contributed by atoms with Gasteiger partial charge in [0.2, 0.25) is 10.0 Å². The molecule has 5 nitrogen and oxygen atoms in total. The van der Waals surface area contributed by atoms with Crippen molar-refractivity contribution in [1.82, 2.24) is 14.1 Å². The Morgan fingerprint density at radius 2 is 2.10 bits per heavy atom. The number of hydrogen-bond acceptors (Lipinski definition) is 3. The third kappa shape index (κ3) is 3.12. The van der Waals surface area contributed by atoms with Crippen molar-refractivity contribution in [1.29, 1.82) is 0 Å². The Hall–Kier alpha value is -0.590. The molecule has 1 atom stereocenters. The highest BCUT2D eigenvalue weighted by atomic mass is 35.5. The second-order valence-electron chi connectivity index (χ2n) is 5.59. The second kappa shape index (κ2) is 6.67. The molecule has 1 fully saturated rings. The van der Waals surface area contributed by atoms with Crippen molar-refractivity contribution in [2.24, 2.45) is 0 Å². The van der Waals surface area contributed by atoms with E-state index in [1.807, 2.05) is 13.8 Å². The Bertz CT molecular complexity index is 598. The van der Waals surface area contributed by atoms with Gasteiger partial charge in [-0.1, -0.05) is 6.92 Å². The van der Waals surface area contributed by atoms with E-state index in [0.717, 1.165) is 31.4 Å². The maximum atomic E-state index is 13.0. The highest BCUT2D eigenvalue weighted by Crippen LogP contribution is 2.30. The van der Waals surface area contributed by atoms with Gasteiger partial charge in [0.25, 0.3) is 0 Å². The number of aryl methyl sites for hydroxylation is 2. The Morgan fingerprint density at radius 3 is 2.71 bits per heavy atom. The molecule has 1 aromatic rings. The molecule has 1 saturated heterocycles. The van der Waals surface area contributed by atoms with Crippen LogP contribution in [-0.4, -0.2) is 41.0 Å². The van der Waals surface area contributed by atoms with Crippen molar-refractivity contribution in [3.05, 3.63) is 11.4 Å². The first-order chi connectivity index (χ1) is 9.93. The number of sulfonamides is 1. The summed E-state index contributed by atoms with van der Waals surface area (Å²) in [6, 6.07) is 0.125. The standard InChI is InChI=1S/C14H24ClN3O2S/c1-4-13-7-5-10-18(13)21(19,20)14-11(2)16-17(12(14)3)9-6-8-15/h13H,4-10H2,1-3H3. The summed E-state index contributed by atoms with van der Waals surface area (Å²) in [5, 5.41) is 4.39. The summed E-state index contributed by atoms with van der Waals surface area (Å²) in [6.45, 7) is 6.92. The molecule has 1 aromatic heterocycles. The van der Waals surface area contributed by atoms with Gasteiger partial charge in [0.1, 0.15) is 4.90 Å². The zero-order valence-corrected chi connectivity index (χ0v) is 14.5. The number of hydrogen-bond donors (Lipinski definition) is 0. The predicted octanol–water partition coefficient (Wildman–Crippen LogP) is 2.69. The molecule has 0 saturated carbocycles. The van der Waals surface area contributed by atoms with Crippen molar-refractivity contribution in [2.75, 3.05) is 12.4 Å². The average Bonchev–Trinajstić information content (AvgIpc) is 3.01. The first kappa shape index (κ1) is 16.8. The van der Waals surface area contributed by atoms with Crippen LogP contribution in [0.3, 0.4) is 0 Å².